The van der Waals surface area contributed by atoms with E-state index >= 15 is 0 Å². The van der Waals surface area contributed by atoms with E-state index in [-0.39, 0.29) is 5.91 Å². The molecule has 0 saturated carbocycles. The number of hydrogen-bond acceptors (Lipinski definition) is 3. The predicted octanol–water partition coefficient (Wildman–Crippen LogP) is 1.12. The standard InChI is InChI=1S/C11H25N3O/c1-5-7-14(8-6-2)9-11(3,4)10(15)13-12/h5-9,12H2,1-4H3,(H,13,15). The molecule has 0 aromatic rings. The van der Waals surface area contributed by atoms with Gasteiger partial charge in [-0.25, -0.2) is 5.84 Å². The first-order valence-corrected chi connectivity index (χ1v) is 5.71. The van der Waals surface area contributed by atoms with Gasteiger partial charge in [-0.15, -0.1) is 0 Å². The second kappa shape index (κ2) is 6.80. The van der Waals surface area contributed by atoms with Gasteiger partial charge >= 0.3 is 0 Å². The third-order valence-electron chi connectivity index (χ3n) is 2.44. The number of hydrazine groups is 1. The van der Waals surface area contributed by atoms with E-state index < -0.39 is 5.41 Å². The van der Waals surface area contributed by atoms with Crippen LogP contribution in [0.4, 0.5) is 0 Å². The molecule has 4 nitrogen and oxygen atoms in total. The molecule has 3 N–H and O–H groups in total. The van der Waals surface area contributed by atoms with Crippen LogP contribution < -0.4 is 11.3 Å². The molecule has 0 bridgehead atoms. The van der Waals surface area contributed by atoms with Gasteiger partial charge in [0.25, 0.3) is 0 Å². The molecule has 0 atom stereocenters. The summed E-state index contributed by atoms with van der Waals surface area (Å²) >= 11 is 0. The summed E-state index contributed by atoms with van der Waals surface area (Å²) < 4.78 is 0. The van der Waals surface area contributed by atoms with E-state index in [1.807, 2.05) is 13.8 Å². The minimum Gasteiger partial charge on any atom is -0.302 e. The van der Waals surface area contributed by atoms with E-state index in [1.165, 1.54) is 0 Å². The highest BCUT2D eigenvalue weighted by atomic mass is 16.2. The second-order valence-electron chi connectivity index (χ2n) is 4.63. The van der Waals surface area contributed by atoms with Gasteiger partial charge in [0, 0.05) is 6.54 Å². The normalized spacial score (nSPS) is 11.9. The number of nitrogens with one attached hydrogen (secondary N) is 1. The van der Waals surface area contributed by atoms with Crippen LogP contribution in [0.1, 0.15) is 40.5 Å². The summed E-state index contributed by atoms with van der Waals surface area (Å²) in [5.41, 5.74) is 1.81. The van der Waals surface area contributed by atoms with E-state index in [0.717, 1.165) is 32.5 Å². The molecule has 0 aromatic heterocycles. The van der Waals surface area contributed by atoms with E-state index in [9.17, 15) is 4.79 Å². The van der Waals surface area contributed by atoms with Crippen molar-refractivity contribution in [1.82, 2.24) is 10.3 Å². The zero-order chi connectivity index (χ0) is 11.9. The number of nitrogens with zero attached hydrogens (tertiary/aromatic N) is 1. The van der Waals surface area contributed by atoms with E-state index in [4.69, 9.17) is 5.84 Å². The molecule has 0 aliphatic carbocycles. The van der Waals surface area contributed by atoms with Crippen LogP contribution in [-0.4, -0.2) is 30.4 Å². The highest BCUT2D eigenvalue weighted by Gasteiger charge is 2.28. The van der Waals surface area contributed by atoms with Crippen molar-refractivity contribution in [2.24, 2.45) is 11.3 Å². The van der Waals surface area contributed by atoms with Crippen molar-refractivity contribution in [3.63, 3.8) is 0 Å². The van der Waals surface area contributed by atoms with E-state index in [1.54, 1.807) is 0 Å². The lowest BCUT2D eigenvalue weighted by molar-refractivity contribution is -0.130. The molecule has 0 rings (SSSR count). The zero-order valence-electron chi connectivity index (χ0n) is 10.5. The molecule has 0 aliphatic heterocycles. The Morgan fingerprint density at radius 3 is 2.07 bits per heavy atom. The highest BCUT2D eigenvalue weighted by molar-refractivity contribution is 5.81. The molecule has 4 heteroatoms. The van der Waals surface area contributed by atoms with Crippen LogP contribution in [0.3, 0.4) is 0 Å². The Bertz CT molecular complexity index is 186. The van der Waals surface area contributed by atoms with Gasteiger partial charge in [0.15, 0.2) is 0 Å². The number of carbonyl (C=O) groups excluding carboxylic acids is 1. The summed E-state index contributed by atoms with van der Waals surface area (Å²) in [6.45, 7) is 11.0. The van der Waals surface area contributed by atoms with Crippen molar-refractivity contribution in [3.05, 3.63) is 0 Å². The van der Waals surface area contributed by atoms with Crippen LogP contribution in [0.2, 0.25) is 0 Å². The summed E-state index contributed by atoms with van der Waals surface area (Å²) in [6.07, 6.45) is 2.22. The smallest absolute Gasteiger partial charge is 0.240 e. The molecule has 0 heterocycles. The Morgan fingerprint density at radius 1 is 1.27 bits per heavy atom. The molecule has 0 saturated heterocycles. The van der Waals surface area contributed by atoms with Gasteiger partial charge in [0.05, 0.1) is 5.41 Å². The van der Waals surface area contributed by atoms with Crippen LogP contribution in [-0.2, 0) is 4.79 Å². The molecule has 0 unspecified atom stereocenters. The molecule has 0 aromatic carbocycles. The minimum absolute atomic E-state index is 0.0975. The average Bonchev–Trinajstić information content (AvgIpc) is 2.16. The minimum atomic E-state index is -0.418. The van der Waals surface area contributed by atoms with Gasteiger partial charge in [0.2, 0.25) is 5.91 Å². The summed E-state index contributed by atoms with van der Waals surface area (Å²) in [7, 11) is 0. The van der Waals surface area contributed by atoms with E-state index in [2.05, 4.69) is 24.2 Å². The van der Waals surface area contributed by atoms with E-state index in [0.29, 0.717) is 0 Å². The monoisotopic (exact) mass is 215 g/mol. The number of amides is 1. The first kappa shape index (κ1) is 14.4. The molecule has 0 aliphatic rings. The van der Waals surface area contributed by atoms with Crippen molar-refractivity contribution in [2.45, 2.75) is 40.5 Å². The lowest BCUT2D eigenvalue weighted by Gasteiger charge is -2.30. The van der Waals surface area contributed by atoms with Crippen molar-refractivity contribution in [3.8, 4) is 0 Å². The van der Waals surface area contributed by atoms with Crippen molar-refractivity contribution < 1.29 is 4.79 Å². The van der Waals surface area contributed by atoms with Crippen LogP contribution in [0.25, 0.3) is 0 Å². The third kappa shape index (κ3) is 5.14. The van der Waals surface area contributed by atoms with Gasteiger partial charge in [0.1, 0.15) is 0 Å². The number of rotatable bonds is 7. The Kier molecular flexibility index (Phi) is 6.52. The lowest BCUT2D eigenvalue weighted by atomic mass is 9.91. The highest BCUT2D eigenvalue weighted by Crippen LogP contribution is 2.17. The molecular formula is C11H25N3O. The third-order valence-corrected chi connectivity index (χ3v) is 2.44. The number of nitrogens with two attached hydrogens (primary N) is 1. The molecule has 0 radical (unpaired) electrons. The molecule has 90 valence electrons. The first-order chi connectivity index (χ1) is 6.97. The van der Waals surface area contributed by atoms with Gasteiger partial charge in [-0.1, -0.05) is 13.8 Å². The summed E-state index contributed by atoms with van der Waals surface area (Å²) in [5.74, 6) is 5.07. The maximum atomic E-state index is 11.5. The van der Waals surface area contributed by atoms with Crippen LogP contribution >= 0.6 is 0 Å². The Morgan fingerprint density at radius 2 is 1.73 bits per heavy atom. The maximum absolute atomic E-state index is 11.5. The first-order valence-electron chi connectivity index (χ1n) is 5.71. The van der Waals surface area contributed by atoms with Crippen LogP contribution in [0.15, 0.2) is 0 Å². The van der Waals surface area contributed by atoms with Crippen molar-refractivity contribution in [2.75, 3.05) is 19.6 Å². The van der Waals surface area contributed by atoms with Crippen molar-refractivity contribution in [1.29, 1.82) is 0 Å². The van der Waals surface area contributed by atoms with Crippen LogP contribution in [0, 0.1) is 5.41 Å². The van der Waals surface area contributed by atoms with Crippen LogP contribution in [0.5, 0.6) is 0 Å². The van der Waals surface area contributed by atoms with Crippen molar-refractivity contribution >= 4 is 5.91 Å². The fourth-order valence-electron chi connectivity index (χ4n) is 1.73. The Balaban J connectivity index is 4.29. The molecular weight excluding hydrogens is 190 g/mol. The molecule has 0 fully saturated rings. The SMILES string of the molecule is CCCN(CCC)CC(C)(C)C(=O)NN. The summed E-state index contributed by atoms with van der Waals surface area (Å²) in [6, 6.07) is 0. The quantitative estimate of drug-likeness (QED) is 0.380. The Labute approximate surface area is 93.2 Å². The zero-order valence-corrected chi connectivity index (χ0v) is 10.5. The topological polar surface area (TPSA) is 58.4 Å². The lowest BCUT2D eigenvalue weighted by Crippen LogP contribution is -2.47. The Hall–Kier alpha value is -0.610. The van der Waals surface area contributed by atoms with Gasteiger partial charge in [-0.05, 0) is 39.8 Å². The fourth-order valence-corrected chi connectivity index (χ4v) is 1.73. The van der Waals surface area contributed by atoms with Gasteiger partial charge < -0.3 is 4.90 Å². The number of carbonyl (C=O) groups is 1. The largest absolute Gasteiger partial charge is 0.302 e. The second-order valence-corrected chi connectivity index (χ2v) is 4.63. The van der Waals surface area contributed by atoms with Gasteiger partial charge in [-0.2, -0.15) is 0 Å². The maximum Gasteiger partial charge on any atom is 0.240 e. The summed E-state index contributed by atoms with van der Waals surface area (Å²) in [4.78, 5) is 13.8. The fraction of sp³-hybridized carbons (Fsp3) is 0.909. The van der Waals surface area contributed by atoms with Gasteiger partial charge in [-0.3, -0.25) is 10.2 Å². The molecule has 1 amide bonds. The molecule has 15 heavy (non-hydrogen) atoms. The summed E-state index contributed by atoms with van der Waals surface area (Å²) in [5, 5.41) is 0. The molecule has 0 spiro atoms. The average molecular weight is 215 g/mol. The predicted molar refractivity (Wildman–Crippen MR) is 63.1 cm³/mol. The number of hydrogen-bond donors (Lipinski definition) is 2.